The van der Waals surface area contributed by atoms with Crippen LogP contribution >= 0.6 is 0 Å². The minimum absolute atomic E-state index is 0.219. The van der Waals surface area contributed by atoms with Crippen LogP contribution in [0.4, 0.5) is 4.39 Å². The van der Waals surface area contributed by atoms with E-state index >= 15 is 0 Å². The first-order valence-electron chi connectivity index (χ1n) is 4.74. The molecule has 0 spiro atoms. The van der Waals surface area contributed by atoms with E-state index in [0.29, 0.717) is 17.2 Å². The van der Waals surface area contributed by atoms with Crippen molar-refractivity contribution in [1.82, 2.24) is 15.2 Å². The summed E-state index contributed by atoms with van der Waals surface area (Å²) in [6.45, 7) is -0.219. The molecule has 0 aliphatic rings. The summed E-state index contributed by atoms with van der Waals surface area (Å²) < 4.78 is 12.7. The lowest BCUT2D eigenvalue weighted by Gasteiger charge is -2.07. The molecule has 2 aromatic rings. The summed E-state index contributed by atoms with van der Waals surface area (Å²) in [5, 5.41) is 15.2. The molecule has 6 heteroatoms. The number of benzene rings is 1. The zero-order valence-corrected chi connectivity index (χ0v) is 8.39. The molecule has 0 saturated carbocycles. The van der Waals surface area contributed by atoms with Gasteiger partial charge in [-0.15, -0.1) is 0 Å². The molecule has 0 amide bonds. The van der Waals surface area contributed by atoms with E-state index in [9.17, 15) is 4.39 Å². The van der Waals surface area contributed by atoms with Crippen LogP contribution in [0.5, 0.6) is 0 Å². The number of rotatable bonds is 3. The predicted octanol–water partition coefficient (Wildman–Crippen LogP) is 0.484. The molecule has 0 aliphatic carbocycles. The Bertz CT molecular complexity index is 468. The molecule has 5 nitrogen and oxygen atoms in total. The van der Waals surface area contributed by atoms with Crippen molar-refractivity contribution in [1.29, 1.82) is 0 Å². The van der Waals surface area contributed by atoms with Gasteiger partial charge in [0.05, 0.1) is 6.04 Å². The van der Waals surface area contributed by atoms with Gasteiger partial charge in [0.2, 0.25) is 0 Å². The number of H-pyrrole nitrogens is 1. The van der Waals surface area contributed by atoms with Crippen LogP contribution in [0.2, 0.25) is 0 Å². The van der Waals surface area contributed by atoms with Gasteiger partial charge in [-0.2, -0.15) is 5.10 Å². The van der Waals surface area contributed by atoms with E-state index in [4.69, 9.17) is 10.8 Å². The number of aliphatic hydroxyl groups excluding tert-OH is 1. The van der Waals surface area contributed by atoms with Gasteiger partial charge in [-0.25, -0.2) is 9.37 Å². The van der Waals surface area contributed by atoms with Crippen LogP contribution in [0.1, 0.15) is 23.3 Å². The molecule has 0 unspecified atom stereocenters. The molecule has 0 fully saturated rings. The SMILES string of the molecule is N[C@H](c1ccc(F)cc1)c1n[nH]c(CO)n1. The van der Waals surface area contributed by atoms with Crippen LogP contribution in [0.3, 0.4) is 0 Å². The summed E-state index contributed by atoms with van der Waals surface area (Å²) in [6, 6.07) is 5.28. The van der Waals surface area contributed by atoms with E-state index < -0.39 is 6.04 Å². The molecule has 0 saturated heterocycles. The highest BCUT2D eigenvalue weighted by Gasteiger charge is 2.14. The molecule has 2 rings (SSSR count). The molecule has 1 aromatic heterocycles. The Morgan fingerprint density at radius 1 is 1.38 bits per heavy atom. The molecule has 1 atom stereocenters. The van der Waals surface area contributed by atoms with Crippen molar-refractivity contribution in [3.63, 3.8) is 0 Å². The first-order chi connectivity index (χ1) is 7.70. The molecule has 1 heterocycles. The van der Waals surface area contributed by atoms with Gasteiger partial charge in [0.1, 0.15) is 18.2 Å². The van der Waals surface area contributed by atoms with E-state index in [2.05, 4.69) is 15.2 Å². The molecule has 1 aromatic carbocycles. The van der Waals surface area contributed by atoms with Crippen LogP contribution in [0, 0.1) is 5.82 Å². The Kier molecular flexibility index (Phi) is 2.93. The van der Waals surface area contributed by atoms with Crippen LogP contribution in [0.25, 0.3) is 0 Å². The molecule has 0 bridgehead atoms. The quantitative estimate of drug-likeness (QED) is 0.705. The largest absolute Gasteiger partial charge is 0.388 e. The third-order valence-electron chi connectivity index (χ3n) is 2.21. The highest BCUT2D eigenvalue weighted by molar-refractivity contribution is 5.24. The van der Waals surface area contributed by atoms with Crippen molar-refractivity contribution >= 4 is 0 Å². The summed E-state index contributed by atoms with van der Waals surface area (Å²) in [7, 11) is 0. The molecular formula is C10H11FN4O. The number of aromatic nitrogens is 3. The molecule has 0 aliphatic heterocycles. The van der Waals surface area contributed by atoms with Gasteiger partial charge in [-0.1, -0.05) is 12.1 Å². The Hall–Kier alpha value is -1.79. The van der Waals surface area contributed by atoms with E-state index in [-0.39, 0.29) is 12.4 Å². The first kappa shape index (κ1) is 10.7. The smallest absolute Gasteiger partial charge is 0.171 e. The van der Waals surface area contributed by atoms with Crippen LogP contribution < -0.4 is 5.73 Å². The number of halogens is 1. The van der Waals surface area contributed by atoms with Crippen molar-refractivity contribution in [3.05, 3.63) is 47.3 Å². The number of aromatic amines is 1. The number of nitrogens with one attached hydrogen (secondary N) is 1. The number of hydrogen-bond donors (Lipinski definition) is 3. The van der Waals surface area contributed by atoms with Gasteiger partial charge in [-0.3, -0.25) is 5.10 Å². The minimum atomic E-state index is -0.530. The lowest BCUT2D eigenvalue weighted by Crippen LogP contribution is -2.13. The predicted molar refractivity (Wildman–Crippen MR) is 54.7 cm³/mol. The standard InChI is InChI=1S/C10H11FN4O/c11-7-3-1-6(2-4-7)9(12)10-13-8(5-16)14-15-10/h1-4,9,16H,5,12H2,(H,13,14,15)/t9-/m1/s1. The number of aliphatic hydroxyl groups is 1. The van der Waals surface area contributed by atoms with Gasteiger partial charge < -0.3 is 10.8 Å². The highest BCUT2D eigenvalue weighted by Crippen LogP contribution is 2.16. The Morgan fingerprint density at radius 2 is 2.06 bits per heavy atom. The van der Waals surface area contributed by atoms with E-state index in [1.807, 2.05) is 0 Å². The van der Waals surface area contributed by atoms with Crippen molar-refractivity contribution in [2.75, 3.05) is 0 Å². The van der Waals surface area contributed by atoms with Crippen LogP contribution in [-0.4, -0.2) is 20.3 Å². The Balaban J connectivity index is 2.24. The fourth-order valence-electron chi connectivity index (χ4n) is 1.34. The molecule has 0 radical (unpaired) electrons. The average Bonchev–Trinajstić information content (AvgIpc) is 2.77. The van der Waals surface area contributed by atoms with Crippen LogP contribution in [-0.2, 0) is 6.61 Å². The number of nitrogens with two attached hydrogens (primary N) is 1. The second kappa shape index (κ2) is 4.38. The number of nitrogens with zero attached hydrogens (tertiary/aromatic N) is 2. The monoisotopic (exact) mass is 222 g/mol. The Morgan fingerprint density at radius 3 is 2.62 bits per heavy atom. The highest BCUT2D eigenvalue weighted by atomic mass is 19.1. The van der Waals surface area contributed by atoms with Gasteiger partial charge in [0.25, 0.3) is 0 Å². The van der Waals surface area contributed by atoms with Gasteiger partial charge in [0, 0.05) is 0 Å². The van der Waals surface area contributed by atoms with Gasteiger partial charge >= 0.3 is 0 Å². The topological polar surface area (TPSA) is 87.8 Å². The second-order valence-corrected chi connectivity index (χ2v) is 3.33. The third-order valence-corrected chi connectivity index (χ3v) is 2.21. The van der Waals surface area contributed by atoms with Crippen molar-refractivity contribution in [2.24, 2.45) is 5.73 Å². The summed E-state index contributed by atoms with van der Waals surface area (Å²) >= 11 is 0. The first-order valence-corrected chi connectivity index (χ1v) is 4.74. The molecular weight excluding hydrogens is 211 g/mol. The Labute approximate surface area is 91.1 Å². The average molecular weight is 222 g/mol. The summed E-state index contributed by atoms with van der Waals surface area (Å²) in [5.41, 5.74) is 6.60. The summed E-state index contributed by atoms with van der Waals surface area (Å²) in [4.78, 5) is 3.99. The summed E-state index contributed by atoms with van der Waals surface area (Å²) in [5.74, 6) is 0.408. The summed E-state index contributed by atoms with van der Waals surface area (Å²) in [6.07, 6.45) is 0. The van der Waals surface area contributed by atoms with E-state index in [1.54, 1.807) is 12.1 Å². The van der Waals surface area contributed by atoms with Crippen molar-refractivity contribution < 1.29 is 9.50 Å². The van der Waals surface area contributed by atoms with E-state index in [1.165, 1.54) is 12.1 Å². The fraction of sp³-hybridized carbons (Fsp3) is 0.200. The normalized spacial score (nSPS) is 12.7. The van der Waals surface area contributed by atoms with E-state index in [0.717, 1.165) is 0 Å². The molecule has 16 heavy (non-hydrogen) atoms. The maximum Gasteiger partial charge on any atom is 0.171 e. The molecule has 4 N–H and O–H groups in total. The van der Waals surface area contributed by atoms with Gasteiger partial charge in [0.15, 0.2) is 5.82 Å². The zero-order chi connectivity index (χ0) is 11.5. The number of hydrogen-bond acceptors (Lipinski definition) is 4. The van der Waals surface area contributed by atoms with Crippen molar-refractivity contribution in [2.45, 2.75) is 12.6 Å². The van der Waals surface area contributed by atoms with Gasteiger partial charge in [-0.05, 0) is 17.7 Å². The third kappa shape index (κ3) is 2.07. The lowest BCUT2D eigenvalue weighted by molar-refractivity contribution is 0.271. The zero-order valence-electron chi connectivity index (χ0n) is 8.39. The molecule has 84 valence electrons. The van der Waals surface area contributed by atoms with Crippen LogP contribution in [0.15, 0.2) is 24.3 Å². The second-order valence-electron chi connectivity index (χ2n) is 3.33. The lowest BCUT2D eigenvalue weighted by atomic mass is 10.1. The maximum atomic E-state index is 12.7. The minimum Gasteiger partial charge on any atom is -0.388 e. The fourth-order valence-corrected chi connectivity index (χ4v) is 1.34. The van der Waals surface area contributed by atoms with Crippen molar-refractivity contribution in [3.8, 4) is 0 Å². The maximum absolute atomic E-state index is 12.7.